The summed E-state index contributed by atoms with van der Waals surface area (Å²) in [5.74, 6) is -0.383. The van der Waals surface area contributed by atoms with Crippen LogP contribution in [0.2, 0.25) is 0 Å². The summed E-state index contributed by atoms with van der Waals surface area (Å²) in [5, 5.41) is 0. The van der Waals surface area contributed by atoms with Gasteiger partial charge in [0.05, 0.1) is 0 Å². The topological polar surface area (TPSA) is 15.2 Å². The average molecular weight is 729 g/mol. The quantitative estimate of drug-likeness (QED) is 0.168. The van der Waals surface area contributed by atoms with E-state index in [2.05, 4.69) is 97.4 Å². The van der Waals surface area contributed by atoms with Crippen LogP contribution >= 0.6 is 0 Å². The predicted octanol–water partition coefficient (Wildman–Crippen LogP) is 12.1. The zero-order valence-electron chi connectivity index (χ0n) is 33.3. The molecule has 54 heavy (non-hydrogen) atoms. The summed E-state index contributed by atoms with van der Waals surface area (Å²) >= 11 is 0. The van der Waals surface area contributed by atoms with Gasteiger partial charge in [-0.25, -0.2) is 21.9 Å². The summed E-state index contributed by atoms with van der Waals surface area (Å²) in [6.45, 7) is 35.6. The summed E-state index contributed by atoms with van der Waals surface area (Å²) in [7, 11) is 0. The van der Waals surface area contributed by atoms with E-state index in [-0.39, 0.29) is 33.3 Å². The van der Waals surface area contributed by atoms with Gasteiger partial charge in [-0.05, 0) is 109 Å². The van der Waals surface area contributed by atoms with E-state index >= 15 is 0 Å². The van der Waals surface area contributed by atoms with E-state index in [1.807, 2.05) is 30.3 Å². The third-order valence-electron chi connectivity index (χ3n) is 12.6. The lowest BCUT2D eigenvalue weighted by Gasteiger charge is -2.46. The molecule has 4 nitrogen and oxygen atoms in total. The minimum Gasteiger partial charge on any atom is -0.316 e. The number of rotatable bonds is 8. The summed E-state index contributed by atoms with van der Waals surface area (Å²) < 4.78 is 27.4. The number of nitrogens with zero attached hydrogens (tertiary/aromatic N) is 4. The normalized spacial score (nSPS) is 17.4. The van der Waals surface area contributed by atoms with Crippen molar-refractivity contribution in [3.63, 3.8) is 0 Å². The molecule has 0 N–H and O–H groups in total. The molecule has 4 aromatic rings. The highest BCUT2D eigenvalue weighted by Gasteiger charge is 2.47. The van der Waals surface area contributed by atoms with Crippen LogP contribution in [0.15, 0.2) is 97.1 Å². The first-order valence-corrected chi connectivity index (χ1v) is 19.5. The average Bonchev–Trinajstić information content (AvgIpc) is 3.14. The van der Waals surface area contributed by atoms with Crippen LogP contribution in [-0.2, 0) is 13.1 Å². The van der Waals surface area contributed by atoms with E-state index in [0.29, 0.717) is 18.7 Å². The van der Waals surface area contributed by atoms with E-state index < -0.39 is 0 Å². The molecule has 2 aliphatic rings. The fourth-order valence-electron chi connectivity index (χ4n) is 8.34. The van der Waals surface area contributed by atoms with Gasteiger partial charge in [0.15, 0.2) is 0 Å². The molecule has 2 heterocycles. The fourth-order valence-corrected chi connectivity index (χ4v) is 8.34. The van der Waals surface area contributed by atoms with Crippen LogP contribution in [0.3, 0.4) is 0 Å². The van der Waals surface area contributed by atoms with Gasteiger partial charge in [-0.15, -0.1) is 0 Å². The molecule has 6 heteroatoms. The van der Waals surface area contributed by atoms with Gasteiger partial charge in [-0.1, -0.05) is 120 Å². The van der Waals surface area contributed by atoms with Crippen LogP contribution in [0.5, 0.6) is 0 Å². The first kappa shape index (κ1) is 40.8. The van der Waals surface area contributed by atoms with Crippen LogP contribution in [0.25, 0.3) is 31.9 Å². The van der Waals surface area contributed by atoms with Crippen molar-refractivity contribution in [1.29, 1.82) is 0 Å². The molecule has 0 aromatic heterocycles. The van der Waals surface area contributed by atoms with E-state index in [1.165, 1.54) is 23.3 Å². The van der Waals surface area contributed by atoms with E-state index in [4.69, 9.17) is 13.1 Å². The third kappa shape index (κ3) is 9.84. The molecule has 6 rings (SSSR count). The Hall–Kier alpha value is -4.36. The second kappa shape index (κ2) is 17.4. The number of benzene rings is 4. The molecular formula is C48H58F2N4. The van der Waals surface area contributed by atoms with Gasteiger partial charge >= 0.3 is 0 Å². The molecule has 0 unspecified atom stereocenters. The second-order valence-corrected chi connectivity index (χ2v) is 17.6. The first-order valence-electron chi connectivity index (χ1n) is 19.5. The molecule has 2 aliphatic heterocycles. The highest BCUT2D eigenvalue weighted by atomic mass is 19.1. The molecule has 0 aliphatic carbocycles. The lowest BCUT2D eigenvalue weighted by Crippen LogP contribution is -2.47. The fraction of sp³-hybridized carbons (Fsp3) is 0.458. The maximum Gasteiger partial charge on any atom is 0.220 e. The van der Waals surface area contributed by atoms with Gasteiger partial charge < -0.3 is 9.69 Å². The molecule has 0 bridgehead atoms. The SMILES string of the molecule is [C-]#[N+]CC1(C(C)(C)C)CCN(Cc2ccc(-c3cccc(F)c3)cc2)CC1.[C-]#[N+]CC1(C(C)(C)C)CCN(Cc2ccc(-c3ccccc3F)cc2)CC1. The van der Waals surface area contributed by atoms with E-state index in [1.54, 1.807) is 18.2 Å². The van der Waals surface area contributed by atoms with Gasteiger partial charge in [0.25, 0.3) is 0 Å². The molecule has 2 fully saturated rings. The Morgan fingerprint density at radius 2 is 1.00 bits per heavy atom. The minimum atomic E-state index is -0.202. The smallest absolute Gasteiger partial charge is 0.220 e. The van der Waals surface area contributed by atoms with Crippen molar-refractivity contribution < 1.29 is 8.78 Å². The highest BCUT2D eigenvalue weighted by molar-refractivity contribution is 5.64. The number of hydrogen-bond acceptors (Lipinski definition) is 2. The lowest BCUT2D eigenvalue weighted by atomic mass is 9.61. The monoisotopic (exact) mass is 728 g/mol. The van der Waals surface area contributed by atoms with Gasteiger partial charge in [0.1, 0.15) is 11.6 Å². The molecular weight excluding hydrogens is 671 g/mol. The lowest BCUT2D eigenvalue weighted by molar-refractivity contribution is 0.0173. The van der Waals surface area contributed by atoms with Crippen molar-refractivity contribution in [2.24, 2.45) is 21.7 Å². The minimum absolute atomic E-state index is 0.125. The number of hydrogen-bond donors (Lipinski definition) is 0. The Morgan fingerprint density at radius 3 is 1.41 bits per heavy atom. The molecule has 0 spiro atoms. The molecule has 2 saturated heterocycles. The van der Waals surface area contributed by atoms with Crippen molar-refractivity contribution in [2.75, 3.05) is 39.3 Å². The molecule has 0 saturated carbocycles. The van der Waals surface area contributed by atoms with Crippen molar-refractivity contribution in [1.82, 2.24) is 9.80 Å². The van der Waals surface area contributed by atoms with Crippen LogP contribution in [0.4, 0.5) is 8.78 Å². The van der Waals surface area contributed by atoms with Crippen molar-refractivity contribution in [2.45, 2.75) is 80.3 Å². The summed E-state index contributed by atoms with van der Waals surface area (Å²) in [5.41, 5.74) is 6.63. The van der Waals surface area contributed by atoms with Crippen LogP contribution in [-0.4, -0.2) is 49.1 Å². The summed E-state index contributed by atoms with van der Waals surface area (Å²) in [4.78, 5) is 12.5. The van der Waals surface area contributed by atoms with Gasteiger partial charge in [-0.2, -0.15) is 0 Å². The zero-order valence-corrected chi connectivity index (χ0v) is 33.3. The Bertz CT molecular complexity index is 1890. The number of likely N-dealkylation sites (tertiary alicyclic amines) is 2. The zero-order chi connectivity index (χ0) is 39.0. The van der Waals surface area contributed by atoms with Crippen LogP contribution in [0, 0.1) is 46.4 Å². The molecule has 4 aromatic carbocycles. The van der Waals surface area contributed by atoms with Crippen molar-refractivity contribution in [3.05, 3.63) is 143 Å². The predicted molar refractivity (Wildman–Crippen MR) is 219 cm³/mol. The number of halogens is 2. The maximum atomic E-state index is 14.0. The standard InChI is InChI=1S/2C24H29FN2/c1-23(2,3)24(18-26-4)12-14-27(15-13-24)17-19-8-10-20(11-9-19)21-6-5-7-22(25)16-21;1-23(2,3)24(18-26-4)13-15-27(16-14-24)17-19-9-11-20(12-10-19)21-7-5-6-8-22(21)25/h5-11,16H,12-15,17-18H2,1-3H3;5-12H,13-18H2,1-3H3. The molecule has 284 valence electrons. The van der Waals surface area contributed by atoms with Crippen molar-refractivity contribution >= 4 is 0 Å². The Balaban J connectivity index is 0.000000208. The summed E-state index contributed by atoms with van der Waals surface area (Å²) in [6.07, 6.45) is 4.32. The Kier molecular flexibility index (Phi) is 13.2. The van der Waals surface area contributed by atoms with E-state index in [9.17, 15) is 8.78 Å². The first-order chi connectivity index (χ1) is 25.7. The van der Waals surface area contributed by atoms with Crippen LogP contribution < -0.4 is 0 Å². The maximum absolute atomic E-state index is 14.0. The largest absolute Gasteiger partial charge is 0.316 e. The molecule has 0 radical (unpaired) electrons. The molecule has 0 amide bonds. The highest BCUT2D eigenvalue weighted by Crippen LogP contribution is 2.48. The number of piperidine rings is 2. The van der Waals surface area contributed by atoms with Crippen LogP contribution in [0.1, 0.15) is 78.4 Å². The van der Waals surface area contributed by atoms with Gasteiger partial charge in [-0.3, -0.25) is 9.80 Å². The van der Waals surface area contributed by atoms with Gasteiger partial charge in [0.2, 0.25) is 13.1 Å². The Labute approximate surface area is 323 Å². The van der Waals surface area contributed by atoms with Crippen molar-refractivity contribution in [3.8, 4) is 22.3 Å². The second-order valence-electron chi connectivity index (χ2n) is 17.6. The molecule has 0 atom stereocenters. The third-order valence-corrected chi connectivity index (χ3v) is 12.6. The summed E-state index contributed by atoms with van der Waals surface area (Å²) in [6, 6.07) is 30.3. The van der Waals surface area contributed by atoms with Gasteiger partial charge in [0, 0.05) is 29.5 Å². The van der Waals surface area contributed by atoms with E-state index in [0.717, 1.165) is 81.6 Å². The Morgan fingerprint density at radius 1 is 0.556 bits per heavy atom.